The monoisotopic (exact) mass is 655 g/mol. The van der Waals surface area contributed by atoms with Gasteiger partial charge in [0.15, 0.2) is 0 Å². The van der Waals surface area contributed by atoms with Crippen LogP contribution in [-0.2, 0) is 12.0 Å². The van der Waals surface area contributed by atoms with E-state index in [2.05, 4.69) is 22.2 Å². The fourth-order valence-electron chi connectivity index (χ4n) is 6.13. The van der Waals surface area contributed by atoms with Gasteiger partial charge >= 0.3 is 6.18 Å². The number of methoxy groups -OCH3 is 1. The van der Waals surface area contributed by atoms with E-state index in [0.717, 1.165) is 36.6 Å². The summed E-state index contributed by atoms with van der Waals surface area (Å²) < 4.78 is 84.2. The summed E-state index contributed by atoms with van der Waals surface area (Å²) in [5.41, 5.74) is -2.88. The number of pyridine rings is 2. The SMILES string of the molecule is CC[C@@H](F)[C@@H]1COc2c1cc([C@@](O)(CNC(=O)c1cc(OC)c3ncc(C[C@H]4CC4C)cc3c1)C(F)(F)F)nc2-c1ccc(F)cc1. The number of carbonyl (C=O) groups excluding carboxylic acids is 1. The summed E-state index contributed by atoms with van der Waals surface area (Å²) in [6.07, 6.45) is -3.00. The number of halogens is 5. The molecule has 1 amide bonds. The average Bonchev–Trinajstić information content (AvgIpc) is 3.57. The van der Waals surface area contributed by atoms with E-state index < -0.39 is 47.8 Å². The average molecular weight is 656 g/mol. The van der Waals surface area contributed by atoms with Crippen molar-refractivity contribution in [1.29, 1.82) is 0 Å². The van der Waals surface area contributed by atoms with Gasteiger partial charge in [0.25, 0.3) is 5.91 Å². The van der Waals surface area contributed by atoms with Crippen LogP contribution in [0.3, 0.4) is 0 Å². The molecule has 12 heteroatoms. The van der Waals surface area contributed by atoms with Crippen LogP contribution >= 0.6 is 0 Å². The van der Waals surface area contributed by atoms with Crippen LogP contribution in [0.25, 0.3) is 22.2 Å². The van der Waals surface area contributed by atoms with Crippen molar-refractivity contribution in [2.75, 3.05) is 20.3 Å². The lowest BCUT2D eigenvalue weighted by Gasteiger charge is -2.31. The Bertz CT molecular complexity index is 1820. The van der Waals surface area contributed by atoms with Crippen molar-refractivity contribution in [3.05, 3.63) is 82.9 Å². The first-order valence-electron chi connectivity index (χ1n) is 15.4. The van der Waals surface area contributed by atoms with E-state index in [4.69, 9.17) is 9.47 Å². The summed E-state index contributed by atoms with van der Waals surface area (Å²) >= 11 is 0. The topological polar surface area (TPSA) is 93.6 Å². The second-order valence-corrected chi connectivity index (χ2v) is 12.4. The molecule has 1 unspecified atom stereocenters. The standard InChI is InChI=1S/C35H34F5N3O4/c1-4-27(37)26-16-47-32-25(26)14-29(43-31(32)20-5-7-24(36)8-6-20)34(45,35(38,39)40)17-42-33(44)23-12-22-11-19(10-21-9-18(21)2)15-41-30(22)28(13-23)46-3/h5-8,11-15,18,21,26-27,45H,4,9-10,16-17H2,1-3H3,(H,42,44)/t18?,21-,26-,27-,34+/m1/s1. The Morgan fingerprint density at radius 2 is 1.89 bits per heavy atom. The van der Waals surface area contributed by atoms with Crippen LogP contribution < -0.4 is 14.8 Å². The highest BCUT2D eigenvalue weighted by molar-refractivity contribution is 6.00. The Hall–Kier alpha value is -4.32. The third-order valence-corrected chi connectivity index (χ3v) is 9.21. The summed E-state index contributed by atoms with van der Waals surface area (Å²) in [6, 6.07) is 10.6. The number of aliphatic hydroxyl groups is 1. The Kier molecular flexibility index (Phi) is 8.58. The number of nitrogens with zero attached hydrogens (tertiary/aromatic N) is 2. The lowest BCUT2D eigenvalue weighted by molar-refractivity contribution is -0.265. The van der Waals surface area contributed by atoms with Gasteiger partial charge in [-0.15, -0.1) is 0 Å². The minimum absolute atomic E-state index is 0.00297. The minimum atomic E-state index is -5.32. The number of nitrogens with one attached hydrogen (secondary N) is 1. The second kappa shape index (κ2) is 12.4. The van der Waals surface area contributed by atoms with E-state index in [0.29, 0.717) is 22.7 Å². The third-order valence-electron chi connectivity index (χ3n) is 9.21. The van der Waals surface area contributed by atoms with Crippen LogP contribution in [0.2, 0.25) is 0 Å². The number of aromatic nitrogens is 2. The van der Waals surface area contributed by atoms with Crippen LogP contribution in [0, 0.1) is 17.7 Å². The number of alkyl halides is 4. The van der Waals surface area contributed by atoms with Crippen molar-refractivity contribution in [2.45, 2.75) is 57.0 Å². The Morgan fingerprint density at radius 1 is 1.17 bits per heavy atom. The van der Waals surface area contributed by atoms with Crippen molar-refractivity contribution in [3.63, 3.8) is 0 Å². The van der Waals surface area contributed by atoms with E-state index in [1.807, 2.05) is 6.07 Å². The maximum Gasteiger partial charge on any atom is 0.424 e. The van der Waals surface area contributed by atoms with Crippen LogP contribution in [0.4, 0.5) is 22.0 Å². The largest absolute Gasteiger partial charge is 0.494 e. The van der Waals surface area contributed by atoms with Crippen LogP contribution in [0.5, 0.6) is 11.5 Å². The predicted octanol–water partition coefficient (Wildman–Crippen LogP) is 7.05. The van der Waals surface area contributed by atoms with E-state index in [1.165, 1.54) is 31.4 Å². The Balaban J connectivity index is 1.36. The van der Waals surface area contributed by atoms with Crippen molar-refractivity contribution >= 4 is 16.8 Å². The highest BCUT2D eigenvalue weighted by atomic mass is 19.4. The van der Waals surface area contributed by atoms with Crippen molar-refractivity contribution in [2.24, 2.45) is 11.8 Å². The molecule has 47 heavy (non-hydrogen) atoms. The van der Waals surface area contributed by atoms with Crippen LogP contribution in [0.1, 0.15) is 59.8 Å². The lowest BCUT2D eigenvalue weighted by atomic mass is 9.89. The van der Waals surface area contributed by atoms with Gasteiger partial charge in [-0.05, 0) is 85.2 Å². The number of ether oxygens (including phenoxy) is 2. The molecular formula is C35H34F5N3O4. The molecule has 7 nitrogen and oxygen atoms in total. The van der Waals surface area contributed by atoms with Gasteiger partial charge in [-0.25, -0.2) is 13.8 Å². The lowest BCUT2D eigenvalue weighted by Crippen LogP contribution is -2.51. The zero-order valence-corrected chi connectivity index (χ0v) is 26.0. The van der Waals surface area contributed by atoms with Gasteiger partial charge in [0.1, 0.15) is 34.7 Å². The molecule has 3 heterocycles. The molecule has 4 aromatic rings. The predicted molar refractivity (Wildman–Crippen MR) is 165 cm³/mol. The van der Waals surface area contributed by atoms with Gasteiger partial charge in [-0.3, -0.25) is 9.78 Å². The molecule has 2 aromatic heterocycles. The zero-order valence-electron chi connectivity index (χ0n) is 26.0. The molecule has 0 bridgehead atoms. The molecule has 1 fully saturated rings. The normalized spacial score (nSPS) is 20.7. The van der Waals surface area contributed by atoms with E-state index in [9.17, 15) is 31.9 Å². The summed E-state index contributed by atoms with van der Waals surface area (Å²) in [5.74, 6) is -0.905. The number of benzene rings is 2. The molecule has 2 aromatic carbocycles. The number of fused-ring (bicyclic) bond motifs is 2. The number of carbonyl (C=O) groups is 1. The summed E-state index contributed by atoms with van der Waals surface area (Å²) in [5, 5.41) is 14.1. The van der Waals surface area contributed by atoms with Gasteiger partial charge in [0.2, 0.25) is 5.60 Å². The summed E-state index contributed by atoms with van der Waals surface area (Å²) in [4.78, 5) is 22.0. The molecule has 0 radical (unpaired) electrons. The fraction of sp³-hybridized carbons (Fsp3) is 0.400. The first kappa shape index (κ1) is 32.6. The van der Waals surface area contributed by atoms with E-state index >= 15 is 0 Å². The maximum absolute atomic E-state index is 15.0. The van der Waals surface area contributed by atoms with Gasteiger partial charge in [0, 0.05) is 28.3 Å². The molecule has 1 saturated carbocycles. The smallest absolute Gasteiger partial charge is 0.424 e. The highest BCUT2D eigenvalue weighted by Gasteiger charge is 2.57. The van der Waals surface area contributed by atoms with Gasteiger partial charge in [-0.1, -0.05) is 13.8 Å². The van der Waals surface area contributed by atoms with Crippen molar-refractivity contribution in [1.82, 2.24) is 15.3 Å². The molecule has 1 aliphatic heterocycles. The quantitative estimate of drug-likeness (QED) is 0.178. The summed E-state index contributed by atoms with van der Waals surface area (Å²) in [7, 11) is 1.40. The van der Waals surface area contributed by atoms with Gasteiger partial charge in [0.05, 0.1) is 31.9 Å². The molecule has 0 spiro atoms. The Labute approximate surface area is 268 Å². The zero-order chi connectivity index (χ0) is 33.7. The first-order valence-corrected chi connectivity index (χ1v) is 15.4. The van der Waals surface area contributed by atoms with Crippen LogP contribution in [-0.4, -0.2) is 53.6 Å². The molecule has 0 saturated heterocycles. The van der Waals surface area contributed by atoms with E-state index in [-0.39, 0.29) is 46.9 Å². The fourth-order valence-corrected chi connectivity index (χ4v) is 6.13. The number of amides is 1. The highest BCUT2D eigenvalue weighted by Crippen LogP contribution is 2.47. The number of rotatable bonds is 10. The molecular weight excluding hydrogens is 621 g/mol. The number of hydrogen-bond donors (Lipinski definition) is 2. The van der Waals surface area contributed by atoms with Crippen molar-refractivity contribution in [3.8, 4) is 22.8 Å². The Morgan fingerprint density at radius 3 is 2.53 bits per heavy atom. The molecule has 248 valence electrons. The minimum Gasteiger partial charge on any atom is -0.494 e. The second-order valence-electron chi connectivity index (χ2n) is 12.4. The van der Waals surface area contributed by atoms with Gasteiger partial charge in [-0.2, -0.15) is 13.2 Å². The van der Waals surface area contributed by atoms with Crippen LogP contribution in [0.15, 0.2) is 54.7 Å². The maximum atomic E-state index is 15.0. The molecule has 5 atom stereocenters. The first-order chi connectivity index (χ1) is 22.3. The summed E-state index contributed by atoms with van der Waals surface area (Å²) in [6.45, 7) is 2.31. The van der Waals surface area contributed by atoms with Crippen molar-refractivity contribution < 1.29 is 41.3 Å². The molecule has 2 aliphatic rings. The van der Waals surface area contributed by atoms with Gasteiger partial charge < -0.3 is 19.9 Å². The number of hydrogen-bond acceptors (Lipinski definition) is 6. The third kappa shape index (κ3) is 6.22. The van der Waals surface area contributed by atoms with E-state index in [1.54, 1.807) is 13.1 Å². The molecule has 1 aliphatic carbocycles. The molecule has 6 rings (SSSR count). The molecule has 2 N–H and O–H groups in total.